The maximum atomic E-state index is 12.8. The van der Waals surface area contributed by atoms with Crippen molar-refractivity contribution in [3.63, 3.8) is 0 Å². The Hall–Kier alpha value is -1.39. The van der Waals surface area contributed by atoms with Gasteiger partial charge in [0.2, 0.25) is 5.91 Å². The Morgan fingerprint density at radius 2 is 2.05 bits per heavy atom. The third-order valence-corrected chi connectivity index (χ3v) is 5.44. The number of carbonyl (C=O) groups is 1. The van der Waals surface area contributed by atoms with E-state index in [4.69, 9.17) is 4.74 Å². The van der Waals surface area contributed by atoms with Crippen LogP contribution in [0.1, 0.15) is 31.7 Å². The largest absolute Gasteiger partial charge is 0.376 e. The van der Waals surface area contributed by atoms with Gasteiger partial charge in [0.15, 0.2) is 0 Å². The van der Waals surface area contributed by atoms with Gasteiger partial charge < -0.3 is 10.1 Å². The molecule has 2 aliphatic heterocycles. The molecule has 0 radical (unpaired) electrons. The molecule has 1 N–H and O–H groups in total. The predicted molar refractivity (Wildman–Crippen MR) is 84.7 cm³/mol. The molecule has 22 heavy (non-hydrogen) atoms. The van der Waals surface area contributed by atoms with Gasteiger partial charge in [-0.05, 0) is 31.7 Å². The molecule has 118 valence electrons. The minimum atomic E-state index is -0.256. The second-order valence-corrected chi connectivity index (χ2v) is 7.11. The molecular weight excluding hydrogens is 276 g/mol. The van der Waals surface area contributed by atoms with Gasteiger partial charge in [0.05, 0.1) is 18.1 Å². The minimum Gasteiger partial charge on any atom is -0.376 e. The van der Waals surface area contributed by atoms with Crippen LogP contribution in [-0.4, -0.2) is 48.7 Å². The molecule has 1 aliphatic carbocycles. The summed E-state index contributed by atoms with van der Waals surface area (Å²) in [5.41, 5.74) is 0.911. The molecule has 2 heterocycles. The fourth-order valence-electron chi connectivity index (χ4n) is 4.00. The smallest absolute Gasteiger partial charge is 0.230 e. The van der Waals surface area contributed by atoms with Gasteiger partial charge in [-0.25, -0.2) is 0 Å². The third-order valence-electron chi connectivity index (χ3n) is 5.44. The van der Waals surface area contributed by atoms with Crippen LogP contribution in [0.15, 0.2) is 30.3 Å². The number of nitrogens with zero attached hydrogens (tertiary/aromatic N) is 1. The molecule has 2 saturated heterocycles. The maximum Gasteiger partial charge on any atom is 0.230 e. The lowest BCUT2D eigenvalue weighted by atomic mass is 9.94. The van der Waals surface area contributed by atoms with Crippen molar-refractivity contribution in [2.45, 2.75) is 49.8 Å². The van der Waals surface area contributed by atoms with E-state index in [1.54, 1.807) is 0 Å². The van der Waals surface area contributed by atoms with E-state index < -0.39 is 0 Å². The Morgan fingerprint density at radius 3 is 2.77 bits per heavy atom. The second-order valence-electron chi connectivity index (χ2n) is 7.11. The first kappa shape index (κ1) is 14.2. The highest BCUT2D eigenvalue weighted by Crippen LogP contribution is 2.48. The Morgan fingerprint density at radius 1 is 1.27 bits per heavy atom. The molecule has 0 unspecified atom stereocenters. The second kappa shape index (κ2) is 5.36. The van der Waals surface area contributed by atoms with Crippen molar-refractivity contribution in [2.75, 3.05) is 19.7 Å². The van der Waals surface area contributed by atoms with Crippen LogP contribution in [-0.2, 0) is 14.9 Å². The average molecular weight is 300 g/mol. The highest BCUT2D eigenvalue weighted by molar-refractivity contribution is 5.91. The molecule has 0 aromatic heterocycles. The summed E-state index contributed by atoms with van der Waals surface area (Å²) in [6.07, 6.45) is 3.28. The Bertz CT molecular complexity index is 555. The summed E-state index contributed by atoms with van der Waals surface area (Å²) in [4.78, 5) is 15.3. The lowest BCUT2D eigenvalue weighted by Crippen LogP contribution is -2.45. The molecule has 4 rings (SSSR count). The number of morpholine rings is 1. The van der Waals surface area contributed by atoms with E-state index in [1.807, 2.05) is 18.2 Å². The van der Waals surface area contributed by atoms with Gasteiger partial charge in [-0.15, -0.1) is 0 Å². The van der Waals surface area contributed by atoms with E-state index in [-0.39, 0.29) is 17.4 Å². The van der Waals surface area contributed by atoms with Crippen molar-refractivity contribution in [1.82, 2.24) is 10.2 Å². The molecule has 4 nitrogen and oxygen atoms in total. The predicted octanol–water partition coefficient (Wildman–Crippen LogP) is 1.70. The van der Waals surface area contributed by atoms with E-state index >= 15 is 0 Å². The number of hydrogen-bond donors (Lipinski definition) is 1. The Kier molecular flexibility index (Phi) is 3.46. The highest BCUT2D eigenvalue weighted by Gasteiger charge is 2.52. The van der Waals surface area contributed by atoms with Gasteiger partial charge in [-0.1, -0.05) is 30.3 Å². The van der Waals surface area contributed by atoms with Crippen molar-refractivity contribution >= 4 is 5.91 Å². The molecule has 1 aromatic carbocycles. The van der Waals surface area contributed by atoms with Gasteiger partial charge in [-0.2, -0.15) is 0 Å². The first-order valence-electron chi connectivity index (χ1n) is 8.39. The number of carbonyl (C=O) groups excluding carboxylic acids is 1. The molecule has 3 atom stereocenters. The van der Waals surface area contributed by atoms with Crippen molar-refractivity contribution in [2.24, 2.45) is 0 Å². The molecule has 1 aromatic rings. The third kappa shape index (κ3) is 2.44. The number of ether oxygens (including phenoxy) is 1. The minimum absolute atomic E-state index is 0.220. The first-order chi connectivity index (χ1) is 10.7. The van der Waals surface area contributed by atoms with Gasteiger partial charge in [-0.3, -0.25) is 9.69 Å². The van der Waals surface area contributed by atoms with Crippen LogP contribution in [0.25, 0.3) is 0 Å². The zero-order valence-electron chi connectivity index (χ0n) is 13.1. The van der Waals surface area contributed by atoms with Crippen LogP contribution < -0.4 is 5.32 Å². The van der Waals surface area contributed by atoms with Crippen LogP contribution in [0.4, 0.5) is 0 Å². The number of amides is 1. The zero-order chi connectivity index (χ0) is 15.2. The van der Waals surface area contributed by atoms with Crippen LogP contribution in [0.5, 0.6) is 0 Å². The first-order valence-corrected chi connectivity index (χ1v) is 8.39. The number of hydrogen-bond acceptors (Lipinski definition) is 3. The fraction of sp³-hybridized carbons (Fsp3) is 0.611. The number of rotatable bonds is 3. The quantitative estimate of drug-likeness (QED) is 0.924. The average Bonchev–Trinajstić information content (AvgIpc) is 3.25. The number of fused-ring (bicyclic) bond motifs is 1. The van der Waals surface area contributed by atoms with Crippen LogP contribution in [0.3, 0.4) is 0 Å². The van der Waals surface area contributed by atoms with Crippen molar-refractivity contribution in [3.05, 3.63) is 35.9 Å². The fourth-order valence-corrected chi connectivity index (χ4v) is 4.00. The van der Waals surface area contributed by atoms with Crippen molar-refractivity contribution < 1.29 is 9.53 Å². The van der Waals surface area contributed by atoms with Crippen molar-refractivity contribution in [3.8, 4) is 0 Å². The molecular formula is C18H24N2O2. The standard InChI is InChI=1S/C18H24N2O2/c1-13-10-20-11-15(9-16(20)12-22-13)19-17(21)18(7-8-18)14-5-3-2-4-6-14/h2-6,13,15-16H,7-12H2,1H3,(H,19,21)/t13-,15+,16-/m0/s1. The molecule has 3 fully saturated rings. The van der Waals surface area contributed by atoms with Crippen LogP contribution >= 0.6 is 0 Å². The van der Waals surface area contributed by atoms with Gasteiger partial charge in [0, 0.05) is 25.2 Å². The zero-order valence-corrected chi connectivity index (χ0v) is 13.1. The van der Waals surface area contributed by atoms with E-state index in [0.717, 1.165) is 39.0 Å². The normalized spacial score (nSPS) is 33.2. The van der Waals surface area contributed by atoms with E-state index in [1.165, 1.54) is 5.56 Å². The summed E-state index contributed by atoms with van der Waals surface area (Å²) in [6, 6.07) is 11.0. The summed E-state index contributed by atoms with van der Waals surface area (Å²) < 4.78 is 5.74. The molecule has 1 amide bonds. The monoisotopic (exact) mass is 300 g/mol. The van der Waals surface area contributed by atoms with E-state index in [2.05, 4.69) is 29.3 Å². The molecule has 0 spiro atoms. The number of benzene rings is 1. The van der Waals surface area contributed by atoms with Gasteiger partial charge in [0.1, 0.15) is 0 Å². The van der Waals surface area contributed by atoms with E-state index in [9.17, 15) is 4.79 Å². The molecule has 3 aliphatic rings. The maximum absolute atomic E-state index is 12.8. The number of nitrogens with one attached hydrogen (secondary N) is 1. The molecule has 4 heteroatoms. The molecule has 0 bridgehead atoms. The SMILES string of the molecule is C[C@H]1CN2C[C@H](NC(=O)C3(c4ccccc4)CC3)C[C@H]2CO1. The van der Waals surface area contributed by atoms with Crippen molar-refractivity contribution in [1.29, 1.82) is 0 Å². The topological polar surface area (TPSA) is 41.6 Å². The summed E-state index contributed by atoms with van der Waals surface area (Å²) in [5, 5.41) is 3.32. The molecule has 1 saturated carbocycles. The lowest BCUT2D eigenvalue weighted by Gasteiger charge is -2.33. The lowest BCUT2D eigenvalue weighted by molar-refractivity contribution is -0.124. The van der Waals surface area contributed by atoms with Crippen LogP contribution in [0.2, 0.25) is 0 Å². The summed E-state index contributed by atoms with van der Waals surface area (Å²) >= 11 is 0. The van der Waals surface area contributed by atoms with Gasteiger partial charge in [0.25, 0.3) is 0 Å². The Labute approximate surface area is 131 Å². The summed E-state index contributed by atoms with van der Waals surface area (Å²) in [5.74, 6) is 0.220. The van der Waals surface area contributed by atoms with Gasteiger partial charge >= 0.3 is 0 Å². The van der Waals surface area contributed by atoms with Crippen LogP contribution in [0, 0.1) is 0 Å². The highest BCUT2D eigenvalue weighted by atomic mass is 16.5. The summed E-state index contributed by atoms with van der Waals surface area (Å²) in [6.45, 7) is 4.88. The summed E-state index contributed by atoms with van der Waals surface area (Å²) in [7, 11) is 0. The van der Waals surface area contributed by atoms with E-state index in [0.29, 0.717) is 12.1 Å². The Balaban J connectivity index is 1.41.